The summed E-state index contributed by atoms with van der Waals surface area (Å²) < 4.78 is 4.88. The number of ether oxygens (including phenoxy) is 1. The Labute approximate surface area is 208 Å². The number of rotatable bonds is 3. The number of pyridine rings is 2. The van der Waals surface area contributed by atoms with Crippen molar-refractivity contribution in [2.75, 3.05) is 7.11 Å². The molecule has 4 rings (SSSR count). The Bertz CT molecular complexity index is 1100. The molecule has 4 aromatic rings. The minimum Gasteiger partial charge on any atom is -0.497 e. The third-order valence-electron chi connectivity index (χ3n) is 4.10. The molecule has 0 aliphatic rings. The largest absolute Gasteiger partial charge is 0.497 e. The van der Waals surface area contributed by atoms with Gasteiger partial charge in [-0.25, -0.2) is 9.97 Å². The summed E-state index contributed by atoms with van der Waals surface area (Å²) in [5.74, 6) is 0.621. The van der Waals surface area contributed by atoms with E-state index in [9.17, 15) is 0 Å². The molecule has 170 valence electrons. The number of nitrogens with zero attached hydrogens (tertiary/aromatic N) is 2. The Morgan fingerprint density at radius 1 is 0.727 bits per heavy atom. The van der Waals surface area contributed by atoms with Crippen molar-refractivity contribution in [2.24, 2.45) is 0 Å². The van der Waals surface area contributed by atoms with Crippen LogP contribution in [-0.2, 0) is 0 Å². The van der Waals surface area contributed by atoms with E-state index < -0.39 is 7.12 Å². The SMILES string of the molecule is COc1cccc(B(O)O)c1.Cc1cccc(-c2cccc(Cl)n2)c1.Clc1cccc(Cl)n1. The van der Waals surface area contributed by atoms with Gasteiger partial charge in [-0.2, -0.15) is 0 Å². The first-order chi connectivity index (χ1) is 15.8. The Morgan fingerprint density at radius 3 is 1.82 bits per heavy atom. The lowest BCUT2D eigenvalue weighted by atomic mass is 9.80. The van der Waals surface area contributed by atoms with Crippen LogP contribution in [-0.4, -0.2) is 34.2 Å². The number of halogens is 3. The first-order valence-corrected chi connectivity index (χ1v) is 10.9. The van der Waals surface area contributed by atoms with Crippen LogP contribution in [0.3, 0.4) is 0 Å². The van der Waals surface area contributed by atoms with Crippen LogP contribution in [0.25, 0.3) is 11.3 Å². The number of aromatic nitrogens is 2. The Morgan fingerprint density at radius 2 is 1.30 bits per heavy atom. The molecule has 0 atom stereocenters. The van der Waals surface area contributed by atoms with Crippen molar-refractivity contribution in [3.8, 4) is 17.0 Å². The average Bonchev–Trinajstić information content (AvgIpc) is 2.80. The first kappa shape index (κ1) is 26.6. The molecular weight excluding hydrogens is 481 g/mol. The van der Waals surface area contributed by atoms with Gasteiger partial charge in [0, 0.05) is 5.56 Å². The Balaban J connectivity index is 0.000000182. The molecule has 0 spiro atoms. The van der Waals surface area contributed by atoms with Gasteiger partial charge < -0.3 is 14.8 Å². The lowest BCUT2D eigenvalue weighted by Crippen LogP contribution is -2.29. The normalized spacial score (nSPS) is 9.67. The van der Waals surface area contributed by atoms with E-state index in [1.165, 1.54) is 12.7 Å². The average molecular weight is 504 g/mol. The van der Waals surface area contributed by atoms with Crippen LogP contribution in [0.1, 0.15) is 5.56 Å². The molecule has 9 heteroatoms. The van der Waals surface area contributed by atoms with Crippen LogP contribution in [0.15, 0.2) is 84.9 Å². The van der Waals surface area contributed by atoms with E-state index >= 15 is 0 Å². The number of hydrogen-bond acceptors (Lipinski definition) is 5. The fourth-order valence-corrected chi connectivity index (χ4v) is 3.09. The van der Waals surface area contributed by atoms with Crippen molar-refractivity contribution < 1.29 is 14.8 Å². The summed E-state index contributed by atoms with van der Waals surface area (Å²) in [6, 6.07) is 25.6. The standard InChI is InChI=1S/C12H10ClN.C7H9BO3.C5H3Cl2N/c1-9-4-2-5-10(8-9)11-6-3-7-12(13)14-11;1-11-7-4-2-3-6(5-7)8(9)10;6-4-2-1-3-5(7)8-4/h2-8H,1H3;2-5,9-10H,1H3;1-3H. The molecule has 33 heavy (non-hydrogen) atoms. The molecule has 2 heterocycles. The third kappa shape index (κ3) is 9.82. The van der Waals surface area contributed by atoms with E-state index in [-0.39, 0.29) is 0 Å². The number of hydrogen-bond donors (Lipinski definition) is 2. The highest BCUT2D eigenvalue weighted by Gasteiger charge is 2.10. The van der Waals surface area contributed by atoms with Crippen LogP contribution < -0.4 is 10.2 Å². The van der Waals surface area contributed by atoms with Crippen LogP contribution in [0.4, 0.5) is 0 Å². The topological polar surface area (TPSA) is 75.5 Å². The molecule has 0 saturated carbocycles. The Kier molecular flexibility index (Phi) is 11.2. The lowest BCUT2D eigenvalue weighted by Gasteiger charge is -2.01. The molecule has 0 unspecified atom stereocenters. The zero-order valence-electron chi connectivity index (χ0n) is 18.0. The summed E-state index contributed by atoms with van der Waals surface area (Å²) >= 11 is 16.7. The predicted molar refractivity (Wildman–Crippen MR) is 136 cm³/mol. The summed E-state index contributed by atoms with van der Waals surface area (Å²) in [4.78, 5) is 7.95. The number of aryl methyl sites for hydroxylation is 1. The van der Waals surface area contributed by atoms with E-state index in [0.717, 1.165) is 11.3 Å². The molecule has 0 aliphatic carbocycles. The molecule has 0 saturated heterocycles. The van der Waals surface area contributed by atoms with Gasteiger partial charge in [-0.3, -0.25) is 0 Å². The third-order valence-corrected chi connectivity index (χ3v) is 4.73. The monoisotopic (exact) mass is 502 g/mol. The van der Waals surface area contributed by atoms with Gasteiger partial charge in [-0.1, -0.05) is 82.8 Å². The van der Waals surface area contributed by atoms with Gasteiger partial charge >= 0.3 is 7.12 Å². The summed E-state index contributed by atoms with van der Waals surface area (Å²) in [5, 5.41) is 18.9. The molecule has 2 aromatic carbocycles. The van der Waals surface area contributed by atoms with Gasteiger partial charge in [-0.15, -0.1) is 0 Å². The van der Waals surface area contributed by atoms with E-state index in [1.54, 1.807) is 48.5 Å². The smallest absolute Gasteiger partial charge is 0.488 e. The quantitative estimate of drug-likeness (QED) is 0.286. The van der Waals surface area contributed by atoms with Crippen LogP contribution in [0.2, 0.25) is 15.5 Å². The van der Waals surface area contributed by atoms with Crippen molar-refractivity contribution in [3.63, 3.8) is 0 Å². The van der Waals surface area contributed by atoms with Crippen molar-refractivity contribution in [1.82, 2.24) is 9.97 Å². The van der Waals surface area contributed by atoms with Gasteiger partial charge in [-0.05, 0) is 54.9 Å². The predicted octanol–water partition coefficient (Wildman–Crippen LogP) is 5.47. The summed E-state index contributed by atoms with van der Waals surface area (Å²) in [6.45, 7) is 2.06. The van der Waals surface area contributed by atoms with Crippen molar-refractivity contribution in [2.45, 2.75) is 6.92 Å². The van der Waals surface area contributed by atoms with Crippen LogP contribution in [0.5, 0.6) is 5.75 Å². The van der Waals surface area contributed by atoms with E-state index in [4.69, 9.17) is 49.6 Å². The highest BCUT2D eigenvalue weighted by Crippen LogP contribution is 2.19. The Hall–Kier alpha value is -2.61. The van der Waals surface area contributed by atoms with E-state index in [2.05, 4.69) is 29.0 Å². The minimum atomic E-state index is -1.43. The summed E-state index contributed by atoms with van der Waals surface area (Å²) in [6.07, 6.45) is 0. The fraction of sp³-hybridized carbons (Fsp3) is 0.0833. The second-order valence-electron chi connectivity index (χ2n) is 6.65. The van der Waals surface area contributed by atoms with Crippen LogP contribution >= 0.6 is 34.8 Å². The molecule has 0 radical (unpaired) electrons. The summed E-state index contributed by atoms with van der Waals surface area (Å²) in [5.41, 5.74) is 3.68. The molecule has 0 bridgehead atoms. The highest BCUT2D eigenvalue weighted by atomic mass is 35.5. The van der Waals surface area contributed by atoms with Crippen LogP contribution in [0, 0.1) is 6.92 Å². The van der Waals surface area contributed by atoms with Gasteiger partial charge in [0.05, 0.1) is 12.8 Å². The molecule has 2 aromatic heterocycles. The number of methoxy groups -OCH3 is 1. The minimum absolute atomic E-state index is 0.428. The van der Waals surface area contributed by atoms with Gasteiger partial charge in [0.1, 0.15) is 21.2 Å². The zero-order valence-corrected chi connectivity index (χ0v) is 20.3. The highest BCUT2D eigenvalue weighted by molar-refractivity contribution is 6.58. The van der Waals surface area contributed by atoms with Gasteiger partial charge in [0.15, 0.2) is 0 Å². The first-order valence-electron chi connectivity index (χ1n) is 9.76. The number of benzene rings is 2. The molecule has 0 amide bonds. The molecule has 5 nitrogen and oxygen atoms in total. The molecule has 0 fully saturated rings. The van der Waals surface area contributed by atoms with Crippen molar-refractivity contribution >= 4 is 47.4 Å². The fourth-order valence-electron chi connectivity index (χ4n) is 2.56. The van der Waals surface area contributed by atoms with Gasteiger partial charge in [0.2, 0.25) is 0 Å². The van der Waals surface area contributed by atoms with E-state index in [1.807, 2.05) is 24.3 Å². The maximum Gasteiger partial charge on any atom is 0.488 e. The maximum atomic E-state index is 8.74. The second kappa shape index (κ2) is 13.8. The van der Waals surface area contributed by atoms with Crippen molar-refractivity contribution in [1.29, 1.82) is 0 Å². The molecule has 2 N–H and O–H groups in total. The van der Waals surface area contributed by atoms with E-state index in [0.29, 0.717) is 26.7 Å². The van der Waals surface area contributed by atoms with Gasteiger partial charge in [0.25, 0.3) is 0 Å². The molecule has 0 aliphatic heterocycles. The van der Waals surface area contributed by atoms with Crippen molar-refractivity contribution in [3.05, 3.63) is 106 Å². The lowest BCUT2D eigenvalue weighted by molar-refractivity contribution is 0.412. The maximum absolute atomic E-state index is 8.74. The molecular formula is C24H22BCl3N2O3. The zero-order chi connectivity index (χ0) is 24.2. The second-order valence-corrected chi connectivity index (χ2v) is 7.81. The summed E-state index contributed by atoms with van der Waals surface area (Å²) in [7, 11) is 0.105.